The lowest BCUT2D eigenvalue weighted by atomic mass is 10.1. The first-order valence-electron chi connectivity index (χ1n) is 4.34. The van der Waals surface area contributed by atoms with E-state index in [9.17, 15) is 4.79 Å². The van der Waals surface area contributed by atoms with Gasteiger partial charge in [-0.05, 0) is 42.0 Å². The topological polar surface area (TPSA) is 17.1 Å². The van der Waals surface area contributed by atoms with E-state index in [0.717, 1.165) is 14.7 Å². The van der Waals surface area contributed by atoms with Crippen molar-refractivity contribution >= 4 is 28.4 Å². The molecule has 0 saturated heterocycles. The van der Waals surface area contributed by atoms with E-state index in [2.05, 4.69) is 34.4 Å². The lowest BCUT2D eigenvalue weighted by Gasteiger charge is -2.03. The van der Waals surface area contributed by atoms with Crippen LogP contribution in [0.1, 0.15) is 29.3 Å². The molecule has 0 saturated carbocycles. The molecule has 0 aromatic heterocycles. The molecule has 0 aliphatic carbocycles. The Hall–Kier alpha value is -0.820. The average molecular weight is 298 g/mol. The van der Waals surface area contributed by atoms with E-state index in [1.807, 2.05) is 25.1 Å². The van der Waals surface area contributed by atoms with Crippen LogP contribution in [-0.4, -0.2) is 5.78 Å². The molecule has 0 unspecified atom stereocenters. The van der Waals surface area contributed by atoms with E-state index in [0.29, 0.717) is 6.42 Å². The van der Waals surface area contributed by atoms with Gasteiger partial charge in [0.05, 0.1) is 6.42 Å². The van der Waals surface area contributed by atoms with E-state index in [-0.39, 0.29) is 5.78 Å². The van der Waals surface area contributed by atoms with Crippen LogP contribution in [-0.2, 0) is 0 Å². The summed E-state index contributed by atoms with van der Waals surface area (Å²) in [6.07, 6.45) is 0.315. The van der Waals surface area contributed by atoms with Crippen LogP contribution >= 0.6 is 22.6 Å². The summed E-state index contributed by atoms with van der Waals surface area (Å²) < 4.78 is 1.04. The second kappa shape index (κ2) is 5.16. The molecule has 1 aromatic rings. The van der Waals surface area contributed by atoms with Crippen molar-refractivity contribution < 1.29 is 4.79 Å². The van der Waals surface area contributed by atoms with Crippen LogP contribution in [0.5, 0.6) is 0 Å². The van der Waals surface area contributed by atoms with E-state index in [1.165, 1.54) is 0 Å². The molecular weight excluding hydrogens is 287 g/mol. The number of hydrogen-bond acceptors (Lipinski definition) is 1. The monoisotopic (exact) mass is 298 g/mol. The molecule has 0 aliphatic heterocycles. The molecule has 1 aromatic carbocycles. The molecule has 0 N–H and O–H groups in total. The highest BCUT2D eigenvalue weighted by Gasteiger charge is 2.09. The van der Waals surface area contributed by atoms with E-state index >= 15 is 0 Å². The average Bonchev–Trinajstić information content (AvgIpc) is 2.18. The Balaban J connectivity index is 2.99. The summed E-state index contributed by atoms with van der Waals surface area (Å²) in [4.78, 5) is 11.7. The Morgan fingerprint density at radius 2 is 2.21 bits per heavy atom. The fourth-order valence-corrected chi connectivity index (χ4v) is 1.79. The summed E-state index contributed by atoms with van der Waals surface area (Å²) in [5.74, 6) is 5.62. The summed E-state index contributed by atoms with van der Waals surface area (Å²) in [7, 11) is 0. The number of carbonyl (C=O) groups is 1. The molecule has 0 aliphatic rings. The third-order valence-corrected chi connectivity index (χ3v) is 3.35. The molecule has 0 heterocycles. The molecule has 0 fully saturated rings. The van der Waals surface area contributed by atoms with Crippen LogP contribution < -0.4 is 0 Å². The van der Waals surface area contributed by atoms with Crippen LogP contribution in [0.15, 0.2) is 18.2 Å². The summed E-state index contributed by atoms with van der Waals surface area (Å²) in [6, 6.07) is 5.77. The first-order valence-corrected chi connectivity index (χ1v) is 5.42. The standard InChI is InChI=1S/C12H11IO/c1-3-4-8-11(14)10-7-5-6-9(2)12(10)13/h5-7H,8H2,1-2H3. The molecule has 0 amide bonds. The second-order valence-electron chi connectivity index (χ2n) is 2.96. The van der Waals surface area contributed by atoms with Gasteiger partial charge >= 0.3 is 0 Å². The van der Waals surface area contributed by atoms with Crippen LogP contribution in [0.25, 0.3) is 0 Å². The van der Waals surface area contributed by atoms with Gasteiger partial charge in [0.25, 0.3) is 0 Å². The molecule has 72 valence electrons. The van der Waals surface area contributed by atoms with Gasteiger partial charge in [0.15, 0.2) is 5.78 Å². The van der Waals surface area contributed by atoms with Crippen LogP contribution in [0.3, 0.4) is 0 Å². The first-order chi connectivity index (χ1) is 6.66. The van der Waals surface area contributed by atoms with Gasteiger partial charge in [0.1, 0.15) is 0 Å². The Bertz CT molecular complexity index is 410. The molecule has 2 heteroatoms. The molecule has 0 bridgehead atoms. The van der Waals surface area contributed by atoms with E-state index in [4.69, 9.17) is 0 Å². The van der Waals surface area contributed by atoms with Gasteiger partial charge in [0, 0.05) is 9.13 Å². The SMILES string of the molecule is CC#CCC(=O)c1cccc(C)c1I. The number of benzene rings is 1. The fourth-order valence-electron chi connectivity index (χ4n) is 1.13. The summed E-state index contributed by atoms with van der Waals surface area (Å²) in [6.45, 7) is 3.75. The molecule has 1 rings (SSSR count). The Morgan fingerprint density at radius 1 is 1.50 bits per heavy atom. The number of aryl methyl sites for hydroxylation is 1. The second-order valence-corrected chi connectivity index (χ2v) is 4.04. The minimum Gasteiger partial charge on any atom is -0.293 e. The Morgan fingerprint density at radius 3 is 2.86 bits per heavy atom. The molecule has 1 nitrogen and oxygen atoms in total. The maximum atomic E-state index is 11.7. The van der Waals surface area contributed by atoms with Gasteiger partial charge in [-0.3, -0.25) is 4.79 Å². The van der Waals surface area contributed by atoms with Gasteiger partial charge < -0.3 is 0 Å². The summed E-state index contributed by atoms with van der Waals surface area (Å²) in [5.41, 5.74) is 1.93. The number of ketones is 1. The van der Waals surface area contributed by atoms with E-state index < -0.39 is 0 Å². The summed E-state index contributed by atoms with van der Waals surface area (Å²) in [5, 5.41) is 0. The highest BCUT2D eigenvalue weighted by Crippen LogP contribution is 2.17. The first kappa shape index (κ1) is 11.3. The zero-order valence-corrected chi connectivity index (χ0v) is 10.4. The van der Waals surface area contributed by atoms with Crippen LogP contribution in [0.4, 0.5) is 0 Å². The third-order valence-electron chi connectivity index (χ3n) is 1.92. The van der Waals surface area contributed by atoms with Crippen LogP contribution in [0.2, 0.25) is 0 Å². The van der Waals surface area contributed by atoms with Gasteiger partial charge in [-0.1, -0.05) is 24.1 Å². The third kappa shape index (κ3) is 2.58. The lowest BCUT2D eigenvalue weighted by molar-refractivity contribution is 0.0997. The van der Waals surface area contributed by atoms with Crippen molar-refractivity contribution in [2.24, 2.45) is 0 Å². The van der Waals surface area contributed by atoms with Crippen molar-refractivity contribution in [3.05, 3.63) is 32.9 Å². The Labute approximate surface area is 98.0 Å². The van der Waals surface area contributed by atoms with Gasteiger partial charge in [-0.25, -0.2) is 0 Å². The maximum absolute atomic E-state index is 11.7. The molecule has 0 spiro atoms. The molecule has 0 radical (unpaired) electrons. The minimum absolute atomic E-state index is 0.104. The minimum atomic E-state index is 0.104. The number of halogens is 1. The quantitative estimate of drug-likeness (QED) is 0.465. The number of rotatable bonds is 2. The number of Topliss-reactive ketones (excluding diaryl/α,β-unsaturated/α-hetero) is 1. The van der Waals surface area contributed by atoms with E-state index in [1.54, 1.807) is 6.92 Å². The Kier molecular flexibility index (Phi) is 4.15. The number of carbonyl (C=O) groups excluding carboxylic acids is 1. The van der Waals surface area contributed by atoms with Crippen molar-refractivity contribution in [2.45, 2.75) is 20.3 Å². The van der Waals surface area contributed by atoms with Gasteiger partial charge in [-0.15, -0.1) is 5.92 Å². The van der Waals surface area contributed by atoms with Gasteiger partial charge in [-0.2, -0.15) is 0 Å². The zero-order chi connectivity index (χ0) is 10.6. The zero-order valence-electron chi connectivity index (χ0n) is 8.23. The highest BCUT2D eigenvalue weighted by atomic mass is 127. The van der Waals surface area contributed by atoms with Crippen molar-refractivity contribution in [3.8, 4) is 11.8 Å². The largest absolute Gasteiger partial charge is 0.293 e. The van der Waals surface area contributed by atoms with Gasteiger partial charge in [0.2, 0.25) is 0 Å². The van der Waals surface area contributed by atoms with Crippen molar-refractivity contribution in [1.29, 1.82) is 0 Å². The summed E-state index contributed by atoms with van der Waals surface area (Å²) >= 11 is 2.20. The molecule has 0 atom stereocenters. The predicted molar refractivity (Wildman–Crippen MR) is 66.3 cm³/mol. The molecular formula is C12H11IO. The lowest BCUT2D eigenvalue weighted by Crippen LogP contribution is -2.01. The highest BCUT2D eigenvalue weighted by molar-refractivity contribution is 14.1. The number of hydrogen-bond donors (Lipinski definition) is 0. The van der Waals surface area contributed by atoms with Crippen molar-refractivity contribution in [1.82, 2.24) is 0 Å². The predicted octanol–water partition coefficient (Wildman–Crippen LogP) is 3.20. The maximum Gasteiger partial charge on any atom is 0.175 e. The smallest absolute Gasteiger partial charge is 0.175 e. The fraction of sp³-hybridized carbons (Fsp3) is 0.250. The van der Waals surface area contributed by atoms with Crippen LogP contribution in [0, 0.1) is 22.3 Å². The van der Waals surface area contributed by atoms with Crippen molar-refractivity contribution in [2.75, 3.05) is 0 Å². The molecule has 14 heavy (non-hydrogen) atoms. The van der Waals surface area contributed by atoms with Crippen molar-refractivity contribution in [3.63, 3.8) is 0 Å². The normalized spacial score (nSPS) is 9.07.